The van der Waals surface area contributed by atoms with Crippen molar-refractivity contribution in [1.29, 1.82) is 0 Å². The van der Waals surface area contributed by atoms with Crippen molar-refractivity contribution >= 4 is 6.03 Å². The third-order valence-corrected chi connectivity index (χ3v) is 3.72. The first-order valence-corrected chi connectivity index (χ1v) is 6.17. The van der Waals surface area contributed by atoms with E-state index in [4.69, 9.17) is 0 Å². The van der Waals surface area contributed by atoms with Crippen LogP contribution in [0.3, 0.4) is 0 Å². The van der Waals surface area contributed by atoms with Gasteiger partial charge < -0.3 is 9.80 Å². The molecule has 1 atom stereocenters. The summed E-state index contributed by atoms with van der Waals surface area (Å²) in [6, 6.07) is 0.850. The fourth-order valence-corrected chi connectivity index (χ4v) is 2.69. The zero-order chi connectivity index (χ0) is 10.3. The normalized spacial score (nSPS) is 32.5. The SMILES string of the molecule is O=C1N(C2CC2)CCN1C1CCCCN1. The third kappa shape index (κ3) is 1.71. The second kappa shape index (κ2) is 3.67. The maximum absolute atomic E-state index is 12.1. The van der Waals surface area contributed by atoms with Gasteiger partial charge in [-0.25, -0.2) is 4.79 Å². The van der Waals surface area contributed by atoms with Crippen molar-refractivity contribution < 1.29 is 4.79 Å². The Balaban J connectivity index is 1.64. The quantitative estimate of drug-likeness (QED) is 0.736. The first kappa shape index (κ1) is 9.46. The highest BCUT2D eigenvalue weighted by atomic mass is 16.2. The predicted molar refractivity (Wildman–Crippen MR) is 57.5 cm³/mol. The summed E-state index contributed by atoms with van der Waals surface area (Å²) >= 11 is 0. The lowest BCUT2D eigenvalue weighted by Crippen LogP contribution is -2.50. The Kier molecular flexibility index (Phi) is 2.31. The molecule has 4 heteroatoms. The highest BCUT2D eigenvalue weighted by molar-refractivity contribution is 5.77. The van der Waals surface area contributed by atoms with Crippen molar-refractivity contribution in [1.82, 2.24) is 15.1 Å². The number of nitrogens with one attached hydrogen (secondary N) is 1. The summed E-state index contributed by atoms with van der Waals surface area (Å²) in [4.78, 5) is 16.2. The van der Waals surface area contributed by atoms with Crippen LogP contribution in [0.2, 0.25) is 0 Å². The van der Waals surface area contributed by atoms with Crippen LogP contribution in [0.5, 0.6) is 0 Å². The molecule has 0 aromatic rings. The summed E-state index contributed by atoms with van der Waals surface area (Å²) in [5, 5.41) is 3.45. The lowest BCUT2D eigenvalue weighted by atomic mass is 10.1. The van der Waals surface area contributed by atoms with E-state index in [0.717, 1.165) is 26.1 Å². The average Bonchev–Trinajstić information content (AvgIpc) is 3.04. The Labute approximate surface area is 90.6 Å². The Morgan fingerprint density at radius 2 is 1.87 bits per heavy atom. The van der Waals surface area contributed by atoms with Gasteiger partial charge in [0.05, 0.1) is 6.17 Å². The minimum absolute atomic E-state index is 0.275. The molecule has 84 valence electrons. The molecule has 0 aromatic heterocycles. The Morgan fingerprint density at radius 1 is 1.07 bits per heavy atom. The highest BCUT2D eigenvalue weighted by Gasteiger charge is 2.41. The Morgan fingerprint density at radius 3 is 2.53 bits per heavy atom. The maximum Gasteiger partial charge on any atom is 0.321 e. The number of piperidine rings is 1. The fourth-order valence-electron chi connectivity index (χ4n) is 2.69. The minimum atomic E-state index is 0.275. The summed E-state index contributed by atoms with van der Waals surface area (Å²) < 4.78 is 0. The molecule has 0 aromatic carbocycles. The number of rotatable bonds is 2. The zero-order valence-corrected chi connectivity index (χ0v) is 9.11. The fraction of sp³-hybridized carbons (Fsp3) is 0.909. The van der Waals surface area contributed by atoms with Gasteiger partial charge in [0.1, 0.15) is 0 Å². The van der Waals surface area contributed by atoms with Gasteiger partial charge in [-0.15, -0.1) is 0 Å². The summed E-state index contributed by atoms with van der Waals surface area (Å²) in [6.07, 6.45) is 6.39. The summed E-state index contributed by atoms with van der Waals surface area (Å²) in [5.41, 5.74) is 0. The maximum atomic E-state index is 12.1. The van der Waals surface area contributed by atoms with Gasteiger partial charge in [0.15, 0.2) is 0 Å². The van der Waals surface area contributed by atoms with Gasteiger partial charge in [0.25, 0.3) is 0 Å². The van der Waals surface area contributed by atoms with Crippen LogP contribution in [0, 0.1) is 0 Å². The molecule has 4 nitrogen and oxygen atoms in total. The first-order chi connectivity index (χ1) is 7.36. The van der Waals surface area contributed by atoms with E-state index in [2.05, 4.69) is 10.2 Å². The van der Waals surface area contributed by atoms with E-state index in [1.54, 1.807) is 0 Å². The molecule has 2 aliphatic heterocycles. The van der Waals surface area contributed by atoms with Gasteiger partial charge in [0.2, 0.25) is 0 Å². The monoisotopic (exact) mass is 209 g/mol. The Hall–Kier alpha value is -0.770. The lowest BCUT2D eigenvalue weighted by molar-refractivity contribution is 0.153. The molecular weight excluding hydrogens is 190 g/mol. The molecule has 3 fully saturated rings. The van der Waals surface area contributed by atoms with E-state index in [1.807, 2.05) is 4.90 Å². The van der Waals surface area contributed by atoms with Gasteiger partial charge in [-0.2, -0.15) is 0 Å². The molecule has 0 bridgehead atoms. The van der Waals surface area contributed by atoms with Crippen molar-refractivity contribution in [3.63, 3.8) is 0 Å². The molecule has 1 unspecified atom stereocenters. The molecule has 0 spiro atoms. The molecule has 3 rings (SSSR count). The van der Waals surface area contributed by atoms with Gasteiger partial charge in [-0.3, -0.25) is 5.32 Å². The smallest absolute Gasteiger partial charge is 0.320 e. The van der Waals surface area contributed by atoms with E-state index < -0.39 is 0 Å². The molecule has 2 heterocycles. The average molecular weight is 209 g/mol. The van der Waals surface area contributed by atoms with Crippen LogP contribution in [-0.4, -0.2) is 47.7 Å². The van der Waals surface area contributed by atoms with Crippen molar-refractivity contribution in [3.8, 4) is 0 Å². The number of hydrogen-bond donors (Lipinski definition) is 1. The molecule has 3 aliphatic rings. The van der Waals surface area contributed by atoms with E-state index in [9.17, 15) is 4.79 Å². The van der Waals surface area contributed by atoms with E-state index in [1.165, 1.54) is 25.7 Å². The van der Waals surface area contributed by atoms with Crippen LogP contribution >= 0.6 is 0 Å². The molecule has 15 heavy (non-hydrogen) atoms. The van der Waals surface area contributed by atoms with Crippen LogP contribution in [0.25, 0.3) is 0 Å². The molecule has 2 amide bonds. The van der Waals surface area contributed by atoms with Crippen molar-refractivity contribution in [2.45, 2.75) is 44.3 Å². The Bertz CT molecular complexity index is 259. The van der Waals surface area contributed by atoms with Crippen LogP contribution in [-0.2, 0) is 0 Å². The number of hydrogen-bond acceptors (Lipinski definition) is 2. The molecule has 1 N–H and O–H groups in total. The number of nitrogens with zero attached hydrogens (tertiary/aromatic N) is 2. The van der Waals surface area contributed by atoms with E-state index >= 15 is 0 Å². The summed E-state index contributed by atoms with van der Waals surface area (Å²) in [5.74, 6) is 0. The minimum Gasteiger partial charge on any atom is -0.320 e. The van der Waals surface area contributed by atoms with Gasteiger partial charge >= 0.3 is 6.03 Å². The van der Waals surface area contributed by atoms with Crippen LogP contribution < -0.4 is 5.32 Å². The third-order valence-electron chi connectivity index (χ3n) is 3.72. The number of carbonyl (C=O) groups is 1. The largest absolute Gasteiger partial charge is 0.321 e. The highest BCUT2D eigenvalue weighted by Crippen LogP contribution is 2.30. The van der Waals surface area contributed by atoms with Crippen LogP contribution in [0.1, 0.15) is 32.1 Å². The second-order valence-electron chi connectivity index (χ2n) is 4.87. The van der Waals surface area contributed by atoms with E-state index in [-0.39, 0.29) is 6.03 Å². The number of amides is 2. The number of urea groups is 1. The second-order valence-corrected chi connectivity index (χ2v) is 4.87. The van der Waals surface area contributed by atoms with Gasteiger partial charge in [-0.1, -0.05) is 0 Å². The molecule has 1 aliphatic carbocycles. The standard InChI is InChI=1S/C11H19N3O/c15-11-13(9-4-5-9)7-8-14(11)10-3-1-2-6-12-10/h9-10,12H,1-8H2. The first-order valence-electron chi connectivity index (χ1n) is 6.17. The van der Waals surface area contributed by atoms with Crippen molar-refractivity contribution in [3.05, 3.63) is 0 Å². The lowest BCUT2D eigenvalue weighted by Gasteiger charge is -2.31. The van der Waals surface area contributed by atoms with Gasteiger partial charge in [0, 0.05) is 19.1 Å². The van der Waals surface area contributed by atoms with Crippen LogP contribution in [0.4, 0.5) is 4.79 Å². The molecular formula is C11H19N3O. The topological polar surface area (TPSA) is 35.6 Å². The summed E-state index contributed by atoms with van der Waals surface area (Å²) in [7, 11) is 0. The number of carbonyl (C=O) groups excluding carboxylic acids is 1. The van der Waals surface area contributed by atoms with E-state index in [0.29, 0.717) is 12.2 Å². The predicted octanol–water partition coefficient (Wildman–Crippen LogP) is 0.986. The molecule has 0 radical (unpaired) electrons. The van der Waals surface area contributed by atoms with Gasteiger partial charge in [-0.05, 0) is 38.6 Å². The molecule has 1 saturated carbocycles. The van der Waals surface area contributed by atoms with Crippen LogP contribution in [0.15, 0.2) is 0 Å². The van der Waals surface area contributed by atoms with Crippen molar-refractivity contribution in [2.75, 3.05) is 19.6 Å². The van der Waals surface area contributed by atoms with Crippen molar-refractivity contribution in [2.24, 2.45) is 0 Å². The molecule has 2 saturated heterocycles. The zero-order valence-electron chi connectivity index (χ0n) is 9.11. The summed E-state index contributed by atoms with van der Waals surface area (Å²) in [6.45, 7) is 2.94.